The van der Waals surface area contributed by atoms with Gasteiger partial charge in [-0.1, -0.05) is 6.92 Å². The highest BCUT2D eigenvalue weighted by atomic mass is 127. The molecule has 3 heteroatoms. The monoisotopic (exact) mass is 266 g/mol. The third kappa shape index (κ3) is 1.63. The van der Waals surface area contributed by atoms with E-state index in [-0.39, 0.29) is 3.67 Å². The van der Waals surface area contributed by atoms with Crippen LogP contribution >= 0.6 is 22.6 Å². The highest BCUT2D eigenvalue weighted by molar-refractivity contribution is 14.1. The van der Waals surface area contributed by atoms with Crippen LogP contribution in [0.5, 0.6) is 0 Å². The van der Waals surface area contributed by atoms with Gasteiger partial charge < -0.3 is 9.80 Å². The summed E-state index contributed by atoms with van der Waals surface area (Å²) in [6.45, 7) is 5.57. The number of alkyl halides is 1. The molecule has 0 saturated carbocycles. The minimum Gasteiger partial charge on any atom is -0.349 e. The lowest BCUT2D eigenvalue weighted by molar-refractivity contribution is 0.177. The lowest BCUT2D eigenvalue weighted by atomic mass is 10.4. The van der Waals surface area contributed by atoms with Crippen LogP contribution in [-0.2, 0) is 0 Å². The summed E-state index contributed by atoms with van der Waals surface area (Å²) < 4.78 is 0.147. The Labute approximate surface area is 82.4 Å². The molecule has 0 spiro atoms. The molecule has 2 nitrogen and oxygen atoms in total. The smallest absolute Gasteiger partial charge is 0.162 e. The molecule has 0 saturated heterocycles. The van der Waals surface area contributed by atoms with E-state index in [1.165, 1.54) is 6.42 Å². The Bertz CT molecular complexity index is 165. The first-order valence-electron chi connectivity index (χ1n) is 3.96. The zero-order valence-electron chi connectivity index (χ0n) is 7.34. The van der Waals surface area contributed by atoms with Gasteiger partial charge in [0.05, 0.1) is 0 Å². The Morgan fingerprint density at radius 2 is 2.09 bits per heavy atom. The fraction of sp³-hybridized carbons (Fsp3) is 0.750. The summed E-state index contributed by atoms with van der Waals surface area (Å²) in [5, 5.41) is 0. The summed E-state index contributed by atoms with van der Waals surface area (Å²) in [7, 11) is 2.11. The van der Waals surface area contributed by atoms with E-state index in [9.17, 15) is 0 Å². The summed E-state index contributed by atoms with van der Waals surface area (Å²) in [6, 6.07) is 0. The molecule has 1 atom stereocenters. The van der Waals surface area contributed by atoms with Crippen molar-refractivity contribution in [2.24, 2.45) is 0 Å². The van der Waals surface area contributed by atoms with Crippen molar-refractivity contribution in [3.05, 3.63) is 12.4 Å². The first-order chi connectivity index (χ1) is 5.09. The van der Waals surface area contributed by atoms with Gasteiger partial charge in [0.2, 0.25) is 0 Å². The number of hydrogen-bond donors (Lipinski definition) is 0. The van der Waals surface area contributed by atoms with Crippen LogP contribution in [0.3, 0.4) is 0 Å². The van der Waals surface area contributed by atoms with Crippen molar-refractivity contribution in [1.82, 2.24) is 9.80 Å². The molecule has 1 rings (SSSR count). The van der Waals surface area contributed by atoms with E-state index in [0.29, 0.717) is 0 Å². The van der Waals surface area contributed by atoms with Crippen LogP contribution in [-0.4, -0.2) is 27.1 Å². The van der Waals surface area contributed by atoms with Gasteiger partial charge >= 0.3 is 0 Å². The molecule has 1 aliphatic heterocycles. The second-order valence-electron chi connectivity index (χ2n) is 3.01. The average Bonchev–Trinajstić information content (AvgIpc) is 2.16. The van der Waals surface area contributed by atoms with E-state index >= 15 is 0 Å². The van der Waals surface area contributed by atoms with Crippen molar-refractivity contribution >= 4 is 22.6 Å². The SMILES string of the molecule is CCCN1C=CN(C)C1(C)I. The molecule has 0 amide bonds. The molecule has 0 bridgehead atoms. The molecule has 1 heterocycles. The van der Waals surface area contributed by atoms with Gasteiger partial charge in [0.25, 0.3) is 0 Å². The standard InChI is InChI=1S/C8H15IN2/c1-4-5-11-7-6-10(3)8(11,2)9/h6-7H,4-5H2,1-3H3. The van der Waals surface area contributed by atoms with Crippen LogP contribution in [0, 0.1) is 0 Å². The third-order valence-electron chi connectivity index (χ3n) is 2.10. The van der Waals surface area contributed by atoms with Gasteiger partial charge in [0.15, 0.2) is 3.67 Å². The predicted octanol–water partition coefficient (Wildman–Crippen LogP) is 2.22. The molecule has 1 aliphatic rings. The lowest BCUT2D eigenvalue weighted by Gasteiger charge is -2.36. The Morgan fingerprint density at radius 1 is 1.45 bits per heavy atom. The van der Waals surface area contributed by atoms with E-state index in [4.69, 9.17) is 0 Å². The van der Waals surface area contributed by atoms with E-state index in [1.54, 1.807) is 0 Å². The second kappa shape index (κ2) is 3.21. The maximum absolute atomic E-state index is 2.47. The molecule has 0 fully saturated rings. The Balaban J connectivity index is 2.62. The molecule has 0 radical (unpaired) electrons. The molecule has 1 unspecified atom stereocenters. The van der Waals surface area contributed by atoms with Crippen molar-refractivity contribution in [2.45, 2.75) is 23.9 Å². The Kier molecular flexibility index (Phi) is 2.67. The van der Waals surface area contributed by atoms with Gasteiger partial charge in [-0.15, -0.1) is 0 Å². The lowest BCUT2D eigenvalue weighted by Crippen LogP contribution is -2.43. The van der Waals surface area contributed by atoms with Crippen molar-refractivity contribution < 1.29 is 0 Å². The summed E-state index contributed by atoms with van der Waals surface area (Å²) in [5.41, 5.74) is 0. The molecular weight excluding hydrogens is 251 g/mol. The van der Waals surface area contributed by atoms with E-state index in [1.807, 2.05) is 0 Å². The Hall–Kier alpha value is 0.0700. The van der Waals surface area contributed by atoms with Crippen LogP contribution in [0.1, 0.15) is 20.3 Å². The van der Waals surface area contributed by atoms with Gasteiger partial charge in [0.1, 0.15) is 0 Å². The molecule has 64 valence electrons. The topological polar surface area (TPSA) is 6.48 Å². The van der Waals surface area contributed by atoms with Crippen LogP contribution in [0.15, 0.2) is 12.4 Å². The van der Waals surface area contributed by atoms with Crippen LogP contribution < -0.4 is 0 Å². The maximum Gasteiger partial charge on any atom is 0.162 e. The van der Waals surface area contributed by atoms with Gasteiger partial charge in [-0.25, -0.2) is 0 Å². The second-order valence-corrected chi connectivity index (χ2v) is 5.05. The van der Waals surface area contributed by atoms with Crippen molar-refractivity contribution in [3.8, 4) is 0 Å². The van der Waals surface area contributed by atoms with Gasteiger partial charge in [-0.2, -0.15) is 0 Å². The molecule has 11 heavy (non-hydrogen) atoms. The van der Waals surface area contributed by atoms with Gasteiger partial charge in [0, 0.05) is 26.0 Å². The number of hydrogen-bond acceptors (Lipinski definition) is 2. The molecule has 0 aliphatic carbocycles. The van der Waals surface area contributed by atoms with Crippen LogP contribution in [0.4, 0.5) is 0 Å². The first kappa shape index (κ1) is 9.16. The summed E-state index contributed by atoms with van der Waals surface area (Å²) in [4.78, 5) is 4.58. The molecule has 0 aromatic heterocycles. The zero-order chi connectivity index (χ0) is 8.48. The largest absolute Gasteiger partial charge is 0.349 e. The van der Waals surface area contributed by atoms with Crippen LogP contribution in [0.2, 0.25) is 0 Å². The van der Waals surface area contributed by atoms with Gasteiger partial charge in [-0.3, -0.25) is 0 Å². The molecule has 0 aromatic carbocycles. The summed E-state index contributed by atoms with van der Waals surface area (Å²) in [6.07, 6.45) is 5.49. The normalized spacial score (nSPS) is 30.2. The molecular formula is C8H15IN2. The highest BCUT2D eigenvalue weighted by Crippen LogP contribution is 2.32. The minimum atomic E-state index is 0.147. The Morgan fingerprint density at radius 3 is 2.45 bits per heavy atom. The maximum atomic E-state index is 2.47. The molecule has 0 N–H and O–H groups in total. The predicted molar refractivity (Wildman–Crippen MR) is 56.3 cm³/mol. The van der Waals surface area contributed by atoms with Crippen molar-refractivity contribution in [2.75, 3.05) is 13.6 Å². The van der Waals surface area contributed by atoms with E-state index in [2.05, 4.69) is 65.7 Å². The number of halogens is 1. The minimum absolute atomic E-state index is 0.147. The fourth-order valence-electron chi connectivity index (χ4n) is 1.17. The van der Waals surface area contributed by atoms with E-state index < -0.39 is 0 Å². The van der Waals surface area contributed by atoms with E-state index in [0.717, 1.165) is 6.54 Å². The molecule has 0 aromatic rings. The number of rotatable bonds is 2. The average molecular weight is 266 g/mol. The van der Waals surface area contributed by atoms with Crippen molar-refractivity contribution in [3.63, 3.8) is 0 Å². The summed E-state index contributed by atoms with van der Waals surface area (Å²) >= 11 is 2.47. The van der Waals surface area contributed by atoms with Crippen LogP contribution in [0.25, 0.3) is 0 Å². The summed E-state index contributed by atoms with van der Waals surface area (Å²) in [5.74, 6) is 0. The third-order valence-corrected chi connectivity index (χ3v) is 3.48. The van der Waals surface area contributed by atoms with Crippen molar-refractivity contribution in [1.29, 1.82) is 0 Å². The highest BCUT2D eigenvalue weighted by Gasteiger charge is 2.32. The fourth-order valence-corrected chi connectivity index (χ4v) is 1.74. The zero-order valence-corrected chi connectivity index (χ0v) is 9.50. The number of nitrogens with zero attached hydrogens (tertiary/aromatic N) is 2. The van der Waals surface area contributed by atoms with Gasteiger partial charge in [-0.05, 0) is 35.9 Å². The quantitative estimate of drug-likeness (QED) is 0.429. The first-order valence-corrected chi connectivity index (χ1v) is 5.04.